The van der Waals surface area contributed by atoms with Gasteiger partial charge in [0.2, 0.25) is 5.82 Å². The minimum atomic E-state index is 0.162. The van der Waals surface area contributed by atoms with Crippen molar-refractivity contribution < 1.29 is 0 Å². The highest BCUT2D eigenvalue weighted by atomic mass is 35.5. The monoisotopic (exact) mass is 324 g/mol. The first-order chi connectivity index (χ1) is 11.3. The molecule has 1 fully saturated rings. The predicted octanol–water partition coefficient (Wildman–Crippen LogP) is 2.94. The van der Waals surface area contributed by atoms with E-state index in [-0.39, 0.29) is 5.82 Å². The zero-order valence-corrected chi connectivity index (χ0v) is 13.0. The average Bonchev–Trinajstić information content (AvgIpc) is 3.24. The van der Waals surface area contributed by atoms with Crippen LogP contribution in [0.3, 0.4) is 0 Å². The van der Waals surface area contributed by atoms with Crippen molar-refractivity contribution in [2.45, 2.75) is 12.8 Å². The Balaban J connectivity index is 1.92. The summed E-state index contributed by atoms with van der Waals surface area (Å²) in [6.07, 6.45) is 3.97. The molecule has 0 radical (unpaired) electrons. The van der Waals surface area contributed by atoms with Gasteiger partial charge in [0.25, 0.3) is 0 Å². The molecular formula is C16H13ClN6. The smallest absolute Gasteiger partial charge is 0.236 e. The first-order valence-electron chi connectivity index (χ1n) is 7.42. The van der Waals surface area contributed by atoms with E-state index in [0.29, 0.717) is 10.7 Å². The lowest BCUT2D eigenvalue weighted by molar-refractivity contribution is 0.929. The van der Waals surface area contributed by atoms with Crippen LogP contribution in [0.25, 0.3) is 16.9 Å². The van der Waals surface area contributed by atoms with Crippen LogP contribution in [0, 0.1) is 11.3 Å². The Bertz CT molecular complexity index is 903. The fraction of sp³-hybridized carbons (Fsp3) is 0.250. The molecule has 4 rings (SSSR count). The summed E-state index contributed by atoms with van der Waals surface area (Å²) in [5.41, 5.74) is 2.26. The molecule has 114 valence electrons. The predicted molar refractivity (Wildman–Crippen MR) is 87.8 cm³/mol. The summed E-state index contributed by atoms with van der Waals surface area (Å²) >= 11 is 5.95. The van der Waals surface area contributed by atoms with Crippen LogP contribution in [0.1, 0.15) is 18.7 Å². The summed E-state index contributed by atoms with van der Waals surface area (Å²) in [6.45, 7) is 1.87. The van der Waals surface area contributed by atoms with Gasteiger partial charge in [0.15, 0.2) is 17.0 Å². The third-order valence-electron chi connectivity index (χ3n) is 3.99. The number of nitriles is 1. The second kappa shape index (κ2) is 5.52. The molecular weight excluding hydrogens is 312 g/mol. The minimum Gasteiger partial charge on any atom is -0.355 e. The van der Waals surface area contributed by atoms with Crippen molar-refractivity contribution in [1.29, 1.82) is 5.26 Å². The van der Waals surface area contributed by atoms with Crippen LogP contribution in [-0.2, 0) is 0 Å². The van der Waals surface area contributed by atoms with Crippen LogP contribution in [0.2, 0.25) is 5.02 Å². The molecule has 2 aromatic heterocycles. The highest BCUT2D eigenvalue weighted by Crippen LogP contribution is 2.27. The minimum absolute atomic E-state index is 0.162. The van der Waals surface area contributed by atoms with Gasteiger partial charge < -0.3 is 4.90 Å². The maximum atomic E-state index is 9.26. The van der Waals surface area contributed by atoms with Crippen molar-refractivity contribution in [3.05, 3.63) is 41.4 Å². The van der Waals surface area contributed by atoms with Crippen molar-refractivity contribution in [3.63, 3.8) is 0 Å². The van der Waals surface area contributed by atoms with Crippen LogP contribution in [0.15, 0.2) is 30.6 Å². The Morgan fingerprint density at radius 3 is 2.52 bits per heavy atom. The Kier molecular flexibility index (Phi) is 3.36. The molecule has 7 heteroatoms. The molecule has 0 bridgehead atoms. The molecule has 0 atom stereocenters. The molecule has 23 heavy (non-hydrogen) atoms. The van der Waals surface area contributed by atoms with Crippen LogP contribution in [-0.4, -0.2) is 32.6 Å². The van der Waals surface area contributed by atoms with Crippen LogP contribution >= 0.6 is 11.6 Å². The van der Waals surface area contributed by atoms with E-state index < -0.39 is 0 Å². The first-order valence-corrected chi connectivity index (χ1v) is 7.80. The van der Waals surface area contributed by atoms with E-state index in [1.165, 1.54) is 0 Å². The number of rotatable bonds is 2. The third-order valence-corrected chi connectivity index (χ3v) is 4.24. The lowest BCUT2D eigenvalue weighted by atomic mass is 10.3. The largest absolute Gasteiger partial charge is 0.355 e. The molecule has 0 saturated carbocycles. The molecule has 1 aliphatic rings. The number of nitrogens with zero attached hydrogens (tertiary/aromatic N) is 6. The Labute approximate surface area is 138 Å². The van der Waals surface area contributed by atoms with Gasteiger partial charge in [-0.05, 0) is 37.1 Å². The zero-order valence-electron chi connectivity index (χ0n) is 12.3. The maximum absolute atomic E-state index is 9.26. The molecule has 0 spiro atoms. The van der Waals surface area contributed by atoms with Gasteiger partial charge in [-0.2, -0.15) is 15.2 Å². The van der Waals surface area contributed by atoms with Gasteiger partial charge >= 0.3 is 0 Å². The van der Waals surface area contributed by atoms with Gasteiger partial charge in [-0.3, -0.25) is 4.57 Å². The van der Waals surface area contributed by atoms with Crippen LogP contribution in [0.4, 0.5) is 5.82 Å². The quantitative estimate of drug-likeness (QED) is 0.724. The normalized spacial score (nSPS) is 14.3. The molecule has 3 aromatic rings. The number of fused-ring (bicyclic) bond motifs is 1. The Morgan fingerprint density at radius 1 is 1.09 bits per heavy atom. The van der Waals surface area contributed by atoms with Crippen molar-refractivity contribution in [2.75, 3.05) is 18.0 Å². The topological polar surface area (TPSA) is 70.6 Å². The molecule has 1 aromatic carbocycles. The summed E-state index contributed by atoms with van der Waals surface area (Å²) in [6, 6.07) is 9.47. The molecule has 0 unspecified atom stereocenters. The molecule has 0 aliphatic carbocycles. The van der Waals surface area contributed by atoms with E-state index >= 15 is 0 Å². The summed E-state index contributed by atoms with van der Waals surface area (Å²) in [7, 11) is 0. The number of hydrogen-bond donors (Lipinski definition) is 0. The van der Waals surface area contributed by atoms with E-state index in [9.17, 15) is 5.26 Å². The molecule has 6 nitrogen and oxygen atoms in total. The van der Waals surface area contributed by atoms with Crippen LogP contribution < -0.4 is 4.90 Å². The van der Waals surface area contributed by atoms with Gasteiger partial charge in [0.1, 0.15) is 12.4 Å². The summed E-state index contributed by atoms with van der Waals surface area (Å²) in [5.74, 6) is 0.909. The third kappa shape index (κ3) is 2.39. The highest BCUT2D eigenvalue weighted by Gasteiger charge is 2.21. The van der Waals surface area contributed by atoms with E-state index in [2.05, 4.69) is 19.9 Å². The van der Waals surface area contributed by atoms with Gasteiger partial charge in [0, 0.05) is 23.8 Å². The zero-order chi connectivity index (χ0) is 15.8. The maximum Gasteiger partial charge on any atom is 0.236 e. The molecule has 1 aliphatic heterocycles. The van der Waals surface area contributed by atoms with Crippen molar-refractivity contribution in [3.8, 4) is 11.8 Å². The SMILES string of the molecule is N#Cc1nc(N2CCCC2)c2ncn(-c3ccc(Cl)cc3)c2n1. The first kappa shape index (κ1) is 14.0. The van der Waals surface area contributed by atoms with E-state index in [1.807, 2.05) is 34.9 Å². The fourth-order valence-corrected chi connectivity index (χ4v) is 3.00. The molecule has 3 heterocycles. The van der Waals surface area contributed by atoms with Gasteiger partial charge in [-0.15, -0.1) is 0 Å². The number of aromatic nitrogens is 4. The summed E-state index contributed by atoms with van der Waals surface area (Å²) < 4.78 is 1.85. The number of anilines is 1. The molecule has 0 amide bonds. The van der Waals surface area contributed by atoms with E-state index in [1.54, 1.807) is 6.33 Å². The van der Waals surface area contributed by atoms with Crippen molar-refractivity contribution in [2.24, 2.45) is 0 Å². The lowest BCUT2D eigenvalue weighted by Gasteiger charge is -2.16. The summed E-state index contributed by atoms with van der Waals surface area (Å²) in [4.78, 5) is 15.4. The Hall–Kier alpha value is -2.65. The lowest BCUT2D eigenvalue weighted by Crippen LogP contribution is -2.20. The highest BCUT2D eigenvalue weighted by molar-refractivity contribution is 6.30. The van der Waals surface area contributed by atoms with E-state index in [0.717, 1.165) is 43.0 Å². The molecule has 0 N–H and O–H groups in total. The van der Waals surface area contributed by atoms with Crippen molar-refractivity contribution >= 4 is 28.6 Å². The van der Waals surface area contributed by atoms with Gasteiger partial charge in [0.05, 0.1) is 0 Å². The van der Waals surface area contributed by atoms with Gasteiger partial charge in [-0.25, -0.2) is 4.98 Å². The fourth-order valence-electron chi connectivity index (χ4n) is 2.88. The van der Waals surface area contributed by atoms with Gasteiger partial charge in [-0.1, -0.05) is 11.6 Å². The Morgan fingerprint density at radius 2 is 1.83 bits per heavy atom. The van der Waals surface area contributed by atoms with E-state index in [4.69, 9.17) is 11.6 Å². The van der Waals surface area contributed by atoms with Crippen molar-refractivity contribution in [1.82, 2.24) is 19.5 Å². The average molecular weight is 325 g/mol. The second-order valence-corrected chi connectivity index (χ2v) is 5.88. The second-order valence-electron chi connectivity index (χ2n) is 5.44. The summed E-state index contributed by atoms with van der Waals surface area (Å²) in [5, 5.41) is 9.93. The van der Waals surface area contributed by atoms with Crippen LogP contribution in [0.5, 0.6) is 0 Å². The number of imidazole rings is 1. The number of hydrogen-bond acceptors (Lipinski definition) is 5. The number of halogens is 1. The number of benzene rings is 1. The molecule has 1 saturated heterocycles. The standard InChI is InChI=1S/C16H13ClN6/c17-11-3-5-12(6-4-11)23-10-19-14-15(22-7-1-2-8-22)20-13(9-18)21-16(14)23/h3-6,10H,1-2,7-8H2.